The van der Waals surface area contributed by atoms with E-state index in [0.29, 0.717) is 6.04 Å². The molecule has 0 saturated heterocycles. The molecule has 0 fully saturated rings. The molecule has 0 aliphatic heterocycles. The highest BCUT2D eigenvalue weighted by Crippen LogP contribution is 2.19. The average Bonchev–Trinajstić information content (AvgIpc) is 2.48. The first kappa shape index (κ1) is 21.2. The molecule has 22 heavy (non-hydrogen) atoms. The van der Waals surface area contributed by atoms with E-state index in [2.05, 4.69) is 74.7 Å². The van der Waals surface area contributed by atoms with Crippen LogP contribution in [0.1, 0.15) is 37.9 Å². The van der Waals surface area contributed by atoms with Crippen LogP contribution in [0.4, 0.5) is 0 Å². The average molecular weight is 418 g/mol. The van der Waals surface area contributed by atoms with Crippen LogP contribution in [-0.2, 0) is 6.42 Å². The van der Waals surface area contributed by atoms with E-state index in [0.717, 1.165) is 32.0 Å². The predicted molar refractivity (Wildman–Crippen MR) is 107 cm³/mol. The number of benzene rings is 1. The van der Waals surface area contributed by atoms with Gasteiger partial charge in [-0.3, -0.25) is 4.99 Å². The van der Waals surface area contributed by atoms with Gasteiger partial charge in [0.2, 0.25) is 0 Å². The molecular weight excluding hydrogens is 387 g/mol. The van der Waals surface area contributed by atoms with Crippen LogP contribution in [0.2, 0.25) is 0 Å². The largest absolute Gasteiger partial charge is 0.357 e. The molecule has 4 nitrogen and oxygen atoms in total. The van der Waals surface area contributed by atoms with Crippen molar-refractivity contribution < 1.29 is 0 Å². The van der Waals surface area contributed by atoms with E-state index in [-0.39, 0.29) is 24.0 Å². The van der Waals surface area contributed by atoms with Crippen LogP contribution in [0.3, 0.4) is 0 Å². The van der Waals surface area contributed by atoms with E-state index < -0.39 is 0 Å². The molecule has 1 atom stereocenters. The molecule has 0 saturated carbocycles. The second-order valence-electron chi connectivity index (χ2n) is 5.32. The van der Waals surface area contributed by atoms with Gasteiger partial charge in [0.05, 0.1) is 12.6 Å². The van der Waals surface area contributed by atoms with Gasteiger partial charge in [0.25, 0.3) is 0 Å². The smallest absolute Gasteiger partial charge is 0.191 e. The summed E-state index contributed by atoms with van der Waals surface area (Å²) in [7, 11) is 4.21. The van der Waals surface area contributed by atoms with Crippen molar-refractivity contribution in [3.8, 4) is 0 Å². The number of nitrogens with one attached hydrogen (secondary N) is 2. The summed E-state index contributed by atoms with van der Waals surface area (Å²) >= 11 is 0. The Hall–Kier alpha value is -0.820. The summed E-state index contributed by atoms with van der Waals surface area (Å²) in [5.41, 5.74) is 2.69. The van der Waals surface area contributed by atoms with Gasteiger partial charge in [0.15, 0.2) is 5.96 Å². The SMILES string of the molecule is CCNC(=NCC(c1ccc(CC)cc1)N(C)C)NCC.I. The normalized spacial score (nSPS) is 11.5. The van der Waals surface area contributed by atoms with E-state index in [1.165, 1.54) is 11.1 Å². The summed E-state index contributed by atoms with van der Waals surface area (Å²) in [6.45, 7) is 8.85. The van der Waals surface area contributed by atoms with Gasteiger partial charge >= 0.3 is 0 Å². The Morgan fingerprint density at radius 3 is 2.00 bits per heavy atom. The zero-order valence-corrected chi connectivity index (χ0v) is 16.8. The van der Waals surface area contributed by atoms with Crippen LogP contribution in [-0.4, -0.2) is 44.6 Å². The zero-order chi connectivity index (χ0) is 15.7. The summed E-state index contributed by atoms with van der Waals surface area (Å²) < 4.78 is 0. The summed E-state index contributed by atoms with van der Waals surface area (Å²) in [5, 5.41) is 6.54. The molecule has 0 heterocycles. The van der Waals surface area contributed by atoms with E-state index in [1.807, 2.05) is 0 Å². The minimum absolute atomic E-state index is 0. The number of guanidine groups is 1. The Kier molecular flexibility index (Phi) is 11.3. The molecule has 0 bridgehead atoms. The Bertz CT molecular complexity index is 421. The van der Waals surface area contributed by atoms with Gasteiger partial charge < -0.3 is 15.5 Å². The maximum Gasteiger partial charge on any atom is 0.191 e. The standard InChI is InChI=1S/C17H30N4.HI/c1-6-14-9-11-15(12-10-14)16(21(4)5)13-20-17(18-7-2)19-8-3;/h9-12,16H,6-8,13H2,1-5H3,(H2,18,19,20);1H. The third-order valence-corrected chi connectivity index (χ3v) is 3.51. The molecule has 1 aromatic rings. The van der Waals surface area contributed by atoms with Crippen molar-refractivity contribution in [3.63, 3.8) is 0 Å². The van der Waals surface area contributed by atoms with Crippen molar-refractivity contribution in [2.45, 2.75) is 33.2 Å². The quantitative estimate of drug-likeness (QED) is 0.406. The maximum atomic E-state index is 4.70. The molecule has 1 rings (SSSR count). The van der Waals surface area contributed by atoms with Crippen LogP contribution in [0.25, 0.3) is 0 Å². The number of nitrogens with zero attached hydrogens (tertiary/aromatic N) is 2. The van der Waals surface area contributed by atoms with Gasteiger partial charge in [0.1, 0.15) is 0 Å². The van der Waals surface area contributed by atoms with Crippen molar-refractivity contribution >= 4 is 29.9 Å². The minimum Gasteiger partial charge on any atom is -0.357 e. The molecule has 5 heteroatoms. The van der Waals surface area contributed by atoms with E-state index in [4.69, 9.17) is 4.99 Å². The minimum atomic E-state index is 0. The van der Waals surface area contributed by atoms with Crippen molar-refractivity contribution in [2.24, 2.45) is 4.99 Å². The fourth-order valence-corrected chi connectivity index (χ4v) is 2.23. The van der Waals surface area contributed by atoms with Crippen LogP contribution >= 0.6 is 24.0 Å². The zero-order valence-electron chi connectivity index (χ0n) is 14.5. The highest BCUT2D eigenvalue weighted by Gasteiger charge is 2.13. The van der Waals surface area contributed by atoms with Crippen LogP contribution in [0.5, 0.6) is 0 Å². The maximum absolute atomic E-state index is 4.70. The Balaban J connectivity index is 0.00000441. The first-order valence-corrected chi connectivity index (χ1v) is 7.89. The molecule has 0 aromatic heterocycles. The fraction of sp³-hybridized carbons (Fsp3) is 0.588. The van der Waals surface area contributed by atoms with Crippen molar-refractivity contribution in [1.82, 2.24) is 15.5 Å². The lowest BCUT2D eigenvalue weighted by Gasteiger charge is -2.24. The Labute approximate surface area is 152 Å². The van der Waals surface area contributed by atoms with E-state index in [9.17, 15) is 0 Å². The second-order valence-corrected chi connectivity index (χ2v) is 5.32. The monoisotopic (exact) mass is 418 g/mol. The number of hydrogen-bond acceptors (Lipinski definition) is 2. The lowest BCUT2D eigenvalue weighted by Crippen LogP contribution is -2.37. The van der Waals surface area contributed by atoms with Crippen molar-refractivity contribution in [1.29, 1.82) is 0 Å². The number of hydrogen-bond donors (Lipinski definition) is 2. The summed E-state index contributed by atoms with van der Waals surface area (Å²) in [6.07, 6.45) is 1.08. The van der Waals surface area contributed by atoms with E-state index in [1.54, 1.807) is 0 Å². The summed E-state index contributed by atoms with van der Waals surface area (Å²) in [5.74, 6) is 0.886. The first-order valence-electron chi connectivity index (χ1n) is 7.89. The van der Waals surface area contributed by atoms with Gasteiger partial charge in [0, 0.05) is 13.1 Å². The van der Waals surface area contributed by atoms with Crippen molar-refractivity contribution in [2.75, 3.05) is 33.7 Å². The molecule has 0 spiro atoms. The molecule has 0 radical (unpaired) electrons. The first-order chi connectivity index (χ1) is 10.1. The van der Waals surface area contributed by atoms with Crippen LogP contribution in [0, 0.1) is 0 Å². The highest BCUT2D eigenvalue weighted by molar-refractivity contribution is 14.0. The highest BCUT2D eigenvalue weighted by atomic mass is 127. The van der Waals surface area contributed by atoms with Gasteiger partial charge in [-0.05, 0) is 45.5 Å². The van der Waals surface area contributed by atoms with Gasteiger partial charge in [-0.15, -0.1) is 24.0 Å². The molecule has 0 aliphatic rings. The predicted octanol–water partition coefficient (Wildman–Crippen LogP) is 3.04. The summed E-state index contributed by atoms with van der Waals surface area (Å²) in [4.78, 5) is 6.92. The van der Waals surface area contributed by atoms with E-state index >= 15 is 0 Å². The third-order valence-electron chi connectivity index (χ3n) is 3.51. The van der Waals surface area contributed by atoms with Gasteiger partial charge in [-0.2, -0.15) is 0 Å². The van der Waals surface area contributed by atoms with Crippen molar-refractivity contribution in [3.05, 3.63) is 35.4 Å². The number of aliphatic imine (C=N–C) groups is 1. The topological polar surface area (TPSA) is 39.7 Å². The Morgan fingerprint density at radius 2 is 1.59 bits per heavy atom. The van der Waals surface area contributed by atoms with Crippen LogP contribution in [0.15, 0.2) is 29.3 Å². The molecular formula is C17H31IN4. The van der Waals surface area contributed by atoms with Gasteiger partial charge in [-0.25, -0.2) is 0 Å². The molecule has 0 aliphatic carbocycles. The van der Waals surface area contributed by atoms with Gasteiger partial charge in [-0.1, -0.05) is 31.2 Å². The fourth-order valence-electron chi connectivity index (χ4n) is 2.23. The van der Waals surface area contributed by atoms with Crippen LogP contribution < -0.4 is 10.6 Å². The number of aryl methyl sites for hydroxylation is 1. The second kappa shape index (κ2) is 11.7. The number of halogens is 1. The molecule has 1 unspecified atom stereocenters. The number of rotatable bonds is 7. The Morgan fingerprint density at radius 1 is 1.05 bits per heavy atom. The lowest BCUT2D eigenvalue weighted by molar-refractivity contribution is 0.306. The lowest BCUT2D eigenvalue weighted by atomic mass is 10.0. The molecule has 126 valence electrons. The third kappa shape index (κ3) is 6.96. The number of likely N-dealkylation sites (N-methyl/N-ethyl adjacent to an activating group) is 1. The summed E-state index contributed by atoms with van der Waals surface area (Å²) in [6, 6.07) is 9.16. The molecule has 2 N–H and O–H groups in total. The molecule has 0 amide bonds. The molecule has 1 aromatic carbocycles.